The van der Waals surface area contributed by atoms with Crippen LogP contribution in [0.5, 0.6) is 5.75 Å². The minimum atomic E-state index is -0.364. The summed E-state index contributed by atoms with van der Waals surface area (Å²) in [6, 6.07) is 11.6. The van der Waals surface area contributed by atoms with E-state index in [1.807, 2.05) is 18.2 Å². The standard InChI is InChI=1S/C16H13ClFNO/c17-15-6-2-1-4-13(15)11-20-16-8-7-14(18)10-12(16)5-3-9-19/h1-2,4,6-8,10H,9,11,19H2. The fourth-order valence-corrected chi connectivity index (χ4v) is 1.83. The first-order valence-electron chi connectivity index (χ1n) is 6.05. The lowest BCUT2D eigenvalue weighted by Gasteiger charge is -2.09. The van der Waals surface area contributed by atoms with Crippen LogP contribution in [0, 0.1) is 17.7 Å². The Bertz CT molecular complexity index is 661. The average Bonchev–Trinajstić information content (AvgIpc) is 2.45. The molecule has 0 aliphatic rings. The van der Waals surface area contributed by atoms with Crippen LogP contribution in [0.1, 0.15) is 11.1 Å². The zero-order valence-corrected chi connectivity index (χ0v) is 11.5. The Kier molecular flexibility index (Phi) is 5.00. The van der Waals surface area contributed by atoms with Gasteiger partial charge in [0.25, 0.3) is 0 Å². The van der Waals surface area contributed by atoms with Gasteiger partial charge in [-0.3, -0.25) is 0 Å². The van der Waals surface area contributed by atoms with Crippen LogP contribution in [0.15, 0.2) is 42.5 Å². The molecule has 102 valence electrons. The monoisotopic (exact) mass is 289 g/mol. The predicted molar refractivity (Wildman–Crippen MR) is 78.1 cm³/mol. The molecule has 2 aromatic carbocycles. The maximum absolute atomic E-state index is 13.2. The minimum absolute atomic E-state index is 0.209. The summed E-state index contributed by atoms with van der Waals surface area (Å²) in [6.07, 6.45) is 0. The molecule has 0 unspecified atom stereocenters. The highest BCUT2D eigenvalue weighted by Gasteiger charge is 2.05. The van der Waals surface area contributed by atoms with Gasteiger partial charge in [-0.1, -0.05) is 41.6 Å². The van der Waals surface area contributed by atoms with Crippen molar-refractivity contribution in [3.05, 3.63) is 64.4 Å². The van der Waals surface area contributed by atoms with E-state index < -0.39 is 0 Å². The van der Waals surface area contributed by atoms with E-state index in [2.05, 4.69) is 11.8 Å². The molecule has 0 aliphatic carbocycles. The van der Waals surface area contributed by atoms with Crippen LogP contribution in [0.4, 0.5) is 4.39 Å². The highest BCUT2D eigenvalue weighted by Crippen LogP contribution is 2.22. The fraction of sp³-hybridized carbons (Fsp3) is 0.125. The summed E-state index contributed by atoms with van der Waals surface area (Å²) in [5.41, 5.74) is 6.66. The van der Waals surface area contributed by atoms with Crippen LogP contribution in [0.3, 0.4) is 0 Å². The van der Waals surface area contributed by atoms with Gasteiger partial charge in [-0.25, -0.2) is 4.39 Å². The molecule has 2 aromatic rings. The lowest BCUT2D eigenvalue weighted by molar-refractivity contribution is 0.305. The van der Waals surface area contributed by atoms with Crippen molar-refractivity contribution in [2.75, 3.05) is 6.54 Å². The van der Waals surface area contributed by atoms with Crippen molar-refractivity contribution in [1.29, 1.82) is 0 Å². The number of ether oxygens (including phenoxy) is 1. The second kappa shape index (κ2) is 6.95. The van der Waals surface area contributed by atoms with Crippen LogP contribution >= 0.6 is 11.6 Å². The molecule has 2 rings (SSSR count). The van der Waals surface area contributed by atoms with Crippen molar-refractivity contribution in [2.24, 2.45) is 5.73 Å². The molecule has 0 fully saturated rings. The van der Waals surface area contributed by atoms with E-state index in [-0.39, 0.29) is 12.4 Å². The molecule has 2 N–H and O–H groups in total. The number of halogens is 2. The van der Waals surface area contributed by atoms with E-state index >= 15 is 0 Å². The molecular formula is C16H13ClFNO. The van der Waals surface area contributed by atoms with Gasteiger partial charge >= 0.3 is 0 Å². The SMILES string of the molecule is NCC#Cc1cc(F)ccc1OCc1ccccc1Cl. The van der Waals surface area contributed by atoms with Crippen LogP contribution in [0.25, 0.3) is 0 Å². The van der Waals surface area contributed by atoms with Crippen molar-refractivity contribution in [2.45, 2.75) is 6.61 Å². The summed E-state index contributed by atoms with van der Waals surface area (Å²) in [7, 11) is 0. The third-order valence-corrected chi connectivity index (χ3v) is 2.98. The maximum Gasteiger partial charge on any atom is 0.135 e. The lowest BCUT2D eigenvalue weighted by atomic mass is 10.2. The quantitative estimate of drug-likeness (QED) is 0.879. The third kappa shape index (κ3) is 3.74. The topological polar surface area (TPSA) is 35.2 Å². The maximum atomic E-state index is 13.2. The summed E-state index contributed by atoms with van der Waals surface area (Å²) < 4.78 is 18.9. The van der Waals surface area contributed by atoms with Crippen molar-refractivity contribution < 1.29 is 9.13 Å². The molecule has 0 aromatic heterocycles. The van der Waals surface area contributed by atoms with Gasteiger partial charge in [0.15, 0.2) is 0 Å². The molecule has 0 spiro atoms. The summed E-state index contributed by atoms with van der Waals surface area (Å²) in [5.74, 6) is 5.62. The van der Waals surface area contributed by atoms with Crippen molar-refractivity contribution in [3.8, 4) is 17.6 Å². The molecule has 0 saturated heterocycles. The Morgan fingerprint density at radius 2 is 2.00 bits per heavy atom. The van der Waals surface area contributed by atoms with Gasteiger partial charge in [0.05, 0.1) is 12.1 Å². The Morgan fingerprint density at radius 1 is 1.20 bits per heavy atom. The smallest absolute Gasteiger partial charge is 0.135 e. The van der Waals surface area contributed by atoms with E-state index in [1.165, 1.54) is 12.1 Å². The number of benzene rings is 2. The van der Waals surface area contributed by atoms with Crippen LogP contribution in [-0.2, 0) is 6.61 Å². The van der Waals surface area contributed by atoms with Gasteiger partial charge < -0.3 is 10.5 Å². The van der Waals surface area contributed by atoms with E-state index in [0.717, 1.165) is 5.56 Å². The van der Waals surface area contributed by atoms with Gasteiger partial charge in [0.1, 0.15) is 18.2 Å². The zero-order valence-electron chi connectivity index (χ0n) is 10.7. The average molecular weight is 290 g/mol. The minimum Gasteiger partial charge on any atom is -0.488 e. The summed E-state index contributed by atoms with van der Waals surface area (Å²) in [6.45, 7) is 0.503. The van der Waals surface area contributed by atoms with Crippen molar-refractivity contribution in [1.82, 2.24) is 0 Å². The van der Waals surface area contributed by atoms with E-state index in [1.54, 1.807) is 12.1 Å². The molecule has 4 heteroatoms. The number of hydrogen-bond acceptors (Lipinski definition) is 2. The number of hydrogen-bond donors (Lipinski definition) is 1. The largest absolute Gasteiger partial charge is 0.488 e. The first-order valence-corrected chi connectivity index (χ1v) is 6.43. The first kappa shape index (κ1) is 14.4. The molecular weight excluding hydrogens is 277 g/mol. The highest BCUT2D eigenvalue weighted by molar-refractivity contribution is 6.31. The predicted octanol–water partition coefficient (Wildman–Crippen LogP) is 3.37. The Morgan fingerprint density at radius 3 is 2.75 bits per heavy atom. The van der Waals surface area contributed by atoms with Crippen LogP contribution in [0.2, 0.25) is 5.02 Å². The fourth-order valence-electron chi connectivity index (χ4n) is 1.64. The van der Waals surface area contributed by atoms with Crippen LogP contribution in [-0.4, -0.2) is 6.54 Å². The van der Waals surface area contributed by atoms with Gasteiger partial charge in [-0.05, 0) is 24.3 Å². The number of nitrogens with two attached hydrogens (primary N) is 1. The Balaban J connectivity index is 2.19. The van der Waals surface area contributed by atoms with E-state index in [4.69, 9.17) is 22.1 Å². The molecule has 0 atom stereocenters. The van der Waals surface area contributed by atoms with Gasteiger partial charge in [0, 0.05) is 10.6 Å². The molecule has 20 heavy (non-hydrogen) atoms. The van der Waals surface area contributed by atoms with Crippen LogP contribution < -0.4 is 10.5 Å². The van der Waals surface area contributed by atoms with Gasteiger partial charge in [0.2, 0.25) is 0 Å². The third-order valence-electron chi connectivity index (χ3n) is 2.61. The second-order valence-corrected chi connectivity index (χ2v) is 4.43. The molecule has 0 heterocycles. The normalized spacial score (nSPS) is 9.75. The Hall–Kier alpha value is -2.02. The Labute approximate surface area is 122 Å². The molecule has 0 radical (unpaired) electrons. The lowest BCUT2D eigenvalue weighted by Crippen LogP contribution is -1.99. The molecule has 2 nitrogen and oxygen atoms in total. The molecule has 0 aliphatic heterocycles. The van der Waals surface area contributed by atoms with Gasteiger partial charge in [-0.15, -0.1) is 0 Å². The first-order chi connectivity index (χ1) is 9.70. The summed E-state index contributed by atoms with van der Waals surface area (Å²) in [4.78, 5) is 0. The second-order valence-electron chi connectivity index (χ2n) is 4.03. The number of rotatable bonds is 3. The summed E-state index contributed by atoms with van der Waals surface area (Å²) >= 11 is 6.05. The summed E-state index contributed by atoms with van der Waals surface area (Å²) in [5, 5.41) is 0.629. The van der Waals surface area contributed by atoms with E-state index in [0.29, 0.717) is 22.9 Å². The molecule has 0 saturated carbocycles. The molecule has 0 amide bonds. The van der Waals surface area contributed by atoms with Crippen molar-refractivity contribution >= 4 is 11.6 Å². The zero-order chi connectivity index (χ0) is 14.4. The van der Waals surface area contributed by atoms with Gasteiger partial charge in [-0.2, -0.15) is 0 Å². The highest BCUT2D eigenvalue weighted by atomic mass is 35.5. The molecule has 0 bridgehead atoms. The van der Waals surface area contributed by atoms with Crippen molar-refractivity contribution in [3.63, 3.8) is 0 Å². The van der Waals surface area contributed by atoms with E-state index in [9.17, 15) is 4.39 Å².